The van der Waals surface area contributed by atoms with Gasteiger partial charge in [0, 0.05) is 0 Å². The predicted molar refractivity (Wildman–Crippen MR) is 54.7 cm³/mol. The fraction of sp³-hybridized carbons (Fsp3) is 0.818. The molecule has 82 valence electrons. The molecule has 0 amide bonds. The lowest BCUT2D eigenvalue weighted by Gasteiger charge is -2.23. The van der Waals surface area contributed by atoms with E-state index in [0.29, 0.717) is 18.5 Å². The van der Waals surface area contributed by atoms with Crippen LogP contribution in [-0.2, 0) is 0 Å². The molecule has 1 nitrogen and oxygen atoms in total. The van der Waals surface area contributed by atoms with Gasteiger partial charge in [-0.05, 0) is 44.2 Å². The summed E-state index contributed by atoms with van der Waals surface area (Å²) in [6, 6.07) is 0. The summed E-state index contributed by atoms with van der Waals surface area (Å²) in [6.07, 6.45) is 5.98. The number of hydrogen-bond donors (Lipinski definition) is 1. The summed E-state index contributed by atoms with van der Waals surface area (Å²) in [5, 5.41) is 2.78. The van der Waals surface area contributed by atoms with Gasteiger partial charge in [-0.3, -0.25) is 0 Å². The maximum Gasteiger partial charge on any atom is 0.281 e. The number of hydrogen-bond acceptors (Lipinski definition) is 1. The van der Waals surface area contributed by atoms with E-state index in [-0.39, 0.29) is 6.54 Å². The molecule has 0 saturated heterocycles. The SMILES string of the molecule is CCCNCC(F)(F)C1=CCCCC1. The number of halogens is 2. The van der Waals surface area contributed by atoms with Gasteiger partial charge in [-0.1, -0.05) is 13.0 Å². The molecule has 1 rings (SSSR count). The minimum Gasteiger partial charge on any atom is -0.311 e. The van der Waals surface area contributed by atoms with Gasteiger partial charge in [-0.25, -0.2) is 8.78 Å². The van der Waals surface area contributed by atoms with Gasteiger partial charge >= 0.3 is 0 Å². The maximum absolute atomic E-state index is 13.5. The third kappa shape index (κ3) is 3.37. The van der Waals surface area contributed by atoms with Crippen LogP contribution >= 0.6 is 0 Å². The monoisotopic (exact) mass is 203 g/mol. The molecule has 0 unspecified atom stereocenters. The van der Waals surface area contributed by atoms with Gasteiger partial charge in [0.15, 0.2) is 0 Å². The van der Waals surface area contributed by atoms with Crippen LogP contribution in [0.25, 0.3) is 0 Å². The molecular weight excluding hydrogens is 184 g/mol. The summed E-state index contributed by atoms with van der Waals surface area (Å²) in [7, 11) is 0. The highest BCUT2D eigenvalue weighted by Crippen LogP contribution is 2.31. The first-order valence-electron chi connectivity index (χ1n) is 5.45. The van der Waals surface area contributed by atoms with Gasteiger partial charge in [-0.15, -0.1) is 0 Å². The van der Waals surface area contributed by atoms with Crippen LogP contribution in [0.15, 0.2) is 11.6 Å². The number of alkyl halides is 2. The number of rotatable bonds is 5. The summed E-state index contributed by atoms with van der Waals surface area (Å²) in [4.78, 5) is 0. The molecule has 1 aliphatic carbocycles. The van der Waals surface area contributed by atoms with E-state index in [4.69, 9.17) is 0 Å². The lowest BCUT2D eigenvalue weighted by molar-refractivity contribution is 0.0368. The highest BCUT2D eigenvalue weighted by atomic mass is 19.3. The normalized spacial score (nSPS) is 18.1. The molecule has 3 heteroatoms. The Bertz CT molecular complexity index is 199. The third-order valence-electron chi connectivity index (χ3n) is 2.53. The van der Waals surface area contributed by atoms with Crippen LogP contribution in [0.3, 0.4) is 0 Å². The Balaban J connectivity index is 2.41. The largest absolute Gasteiger partial charge is 0.311 e. The summed E-state index contributed by atoms with van der Waals surface area (Å²) < 4.78 is 27.0. The Kier molecular flexibility index (Phi) is 4.52. The van der Waals surface area contributed by atoms with Gasteiger partial charge < -0.3 is 5.32 Å². The van der Waals surface area contributed by atoms with Crippen molar-refractivity contribution >= 4 is 0 Å². The van der Waals surface area contributed by atoms with Gasteiger partial charge in [0.25, 0.3) is 5.92 Å². The average molecular weight is 203 g/mol. The molecule has 0 fully saturated rings. The van der Waals surface area contributed by atoms with Gasteiger partial charge in [0.2, 0.25) is 0 Å². The molecule has 0 aromatic heterocycles. The number of nitrogens with one attached hydrogen (secondary N) is 1. The Morgan fingerprint density at radius 2 is 2.21 bits per heavy atom. The van der Waals surface area contributed by atoms with Crippen molar-refractivity contribution in [2.24, 2.45) is 0 Å². The topological polar surface area (TPSA) is 12.0 Å². The van der Waals surface area contributed by atoms with Crippen LogP contribution < -0.4 is 5.32 Å². The van der Waals surface area contributed by atoms with E-state index in [1.165, 1.54) is 0 Å². The molecule has 0 aromatic rings. The zero-order valence-electron chi connectivity index (χ0n) is 8.78. The summed E-state index contributed by atoms with van der Waals surface area (Å²) in [5.74, 6) is -2.63. The summed E-state index contributed by atoms with van der Waals surface area (Å²) >= 11 is 0. The molecule has 0 saturated carbocycles. The fourth-order valence-corrected chi connectivity index (χ4v) is 1.71. The molecule has 0 radical (unpaired) electrons. The zero-order valence-corrected chi connectivity index (χ0v) is 8.78. The van der Waals surface area contributed by atoms with Crippen LogP contribution in [0.4, 0.5) is 8.78 Å². The maximum atomic E-state index is 13.5. The van der Waals surface area contributed by atoms with Gasteiger partial charge in [0.1, 0.15) is 0 Å². The Morgan fingerprint density at radius 1 is 1.43 bits per heavy atom. The van der Waals surface area contributed by atoms with Crippen molar-refractivity contribution in [1.82, 2.24) is 5.32 Å². The van der Waals surface area contributed by atoms with E-state index >= 15 is 0 Å². The van der Waals surface area contributed by atoms with Gasteiger partial charge in [0.05, 0.1) is 6.54 Å². The molecule has 0 aromatic carbocycles. The standard InChI is InChI=1S/C11H19F2N/c1-2-8-14-9-11(12,13)10-6-4-3-5-7-10/h6,14H,2-5,7-9H2,1H3. The second kappa shape index (κ2) is 5.44. The minimum absolute atomic E-state index is 0.202. The Morgan fingerprint density at radius 3 is 2.79 bits per heavy atom. The van der Waals surface area contributed by atoms with E-state index in [9.17, 15) is 8.78 Å². The predicted octanol–water partition coefficient (Wildman–Crippen LogP) is 3.12. The molecule has 0 aliphatic heterocycles. The second-order valence-corrected chi connectivity index (χ2v) is 3.86. The first kappa shape index (κ1) is 11.6. The molecule has 0 bridgehead atoms. The van der Waals surface area contributed by atoms with Crippen LogP contribution in [0.2, 0.25) is 0 Å². The van der Waals surface area contributed by atoms with Crippen molar-refractivity contribution < 1.29 is 8.78 Å². The van der Waals surface area contributed by atoms with Crippen LogP contribution in [0.1, 0.15) is 39.0 Å². The third-order valence-corrected chi connectivity index (χ3v) is 2.53. The Hall–Kier alpha value is -0.440. The second-order valence-electron chi connectivity index (χ2n) is 3.86. The van der Waals surface area contributed by atoms with Crippen molar-refractivity contribution in [1.29, 1.82) is 0 Å². The van der Waals surface area contributed by atoms with Crippen molar-refractivity contribution in [2.75, 3.05) is 13.1 Å². The summed E-state index contributed by atoms with van der Waals surface area (Å²) in [5.41, 5.74) is 0.340. The highest BCUT2D eigenvalue weighted by Gasteiger charge is 2.33. The van der Waals surface area contributed by atoms with E-state index < -0.39 is 5.92 Å². The lowest BCUT2D eigenvalue weighted by atomic mass is 9.95. The molecule has 0 heterocycles. The smallest absolute Gasteiger partial charge is 0.281 e. The quantitative estimate of drug-likeness (QED) is 0.534. The lowest BCUT2D eigenvalue weighted by Crippen LogP contribution is -2.35. The van der Waals surface area contributed by atoms with Crippen LogP contribution in [0, 0.1) is 0 Å². The summed E-state index contributed by atoms with van der Waals surface area (Å²) in [6.45, 7) is 2.45. The average Bonchev–Trinajstić information content (AvgIpc) is 2.19. The van der Waals surface area contributed by atoms with E-state index in [0.717, 1.165) is 25.7 Å². The fourth-order valence-electron chi connectivity index (χ4n) is 1.71. The molecule has 0 atom stereocenters. The van der Waals surface area contributed by atoms with Crippen LogP contribution in [0.5, 0.6) is 0 Å². The van der Waals surface area contributed by atoms with Crippen molar-refractivity contribution in [3.8, 4) is 0 Å². The van der Waals surface area contributed by atoms with Crippen LogP contribution in [-0.4, -0.2) is 19.0 Å². The minimum atomic E-state index is -2.63. The van der Waals surface area contributed by atoms with Gasteiger partial charge in [-0.2, -0.15) is 0 Å². The Labute approximate surface area is 84.6 Å². The van der Waals surface area contributed by atoms with E-state index in [2.05, 4.69) is 5.32 Å². The van der Waals surface area contributed by atoms with E-state index in [1.54, 1.807) is 6.08 Å². The molecule has 1 N–H and O–H groups in total. The molecule has 0 spiro atoms. The first-order valence-corrected chi connectivity index (χ1v) is 5.45. The molecule has 14 heavy (non-hydrogen) atoms. The molecule has 1 aliphatic rings. The van der Waals surface area contributed by atoms with Crippen molar-refractivity contribution in [3.63, 3.8) is 0 Å². The van der Waals surface area contributed by atoms with Crippen molar-refractivity contribution in [2.45, 2.75) is 45.0 Å². The zero-order chi connectivity index (χ0) is 10.4. The molecular formula is C11H19F2N. The van der Waals surface area contributed by atoms with Crippen molar-refractivity contribution in [3.05, 3.63) is 11.6 Å². The van der Waals surface area contributed by atoms with E-state index in [1.807, 2.05) is 6.92 Å². The highest BCUT2D eigenvalue weighted by molar-refractivity contribution is 5.15. The first-order chi connectivity index (χ1) is 6.67. The number of allylic oxidation sites excluding steroid dienone is 1.